The Hall–Kier alpha value is -14.4. The summed E-state index contributed by atoms with van der Waals surface area (Å²) >= 11 is 0.961. The first-order valence-electron chi connectivity index (χ1n) is 38.6. The van der Waals surface area contributed by atoms with Crippen LogP contribution >= 0.6 is 33.1 Å². The standard InChI is InChI=1S/C31H24F3N7O2.C30H25F2N5O2S2.C29H22F3N7O2S/c1-18-6-7-19(13-21(18)14-27-37-12-10-24(40-27)20-5-4-11-36-16-20)29(42)39-22-8-9-25(23(15-22)31(32,33)34)41(3)26-17-38-30(43)28(26)35-2;1-18-4-5-19(13-21(18)14-27-34-11-8-24(36-27)20-3-2-10-33-16-20)28(38)35-22-6-7-25-23(15-22)30(31,32)17-37(25)29(39)26-9-12-40-41-26;1-16-5-6-18(12-20(16)13-25-34-11-9-23(37-25)19-4-3-10-33-15-19)27(40)36-21-7-8-24(22(14-21)29(30,31)32)38-28(41)26-35-17(2)42-39-26/h4-13,15-16H,14,17H2,1,3H3,(H,38,43)(H,39,42);2-8,10-11,13,15-16,26H,9,12,14,17H2,1H3,(H,35,38);3-12,14-15H,13H2,1-2H3,(H,36,40)(H,38,41). The number of hydrogen-bond acceptors (Lipinski definition) is 21. The van der Waals surface area contributed by atoms with Gasteiger partial charge in [0.1, 0.15) is 22.5 Å². The molecule has 0 bridgehead atoms. The lowest BCUT2D eigenvalue weighted by atomic mass is 10.0. The van der Waals surface area contributed by atoms with Gasteiger partial charge in [-0.05, 0) is 225 Å². The predicted molar refractivity (Wildman–Crippen MR) is 463 cm³/mol. The van der Waals surface area contributed by atoms with Crippen molar-refractivity contribution in [3.8, 4) is 33.8 Å². The fraction of sp³-hybridized carbons (Fsp3) is 0.178. The first-order valence-corrected chi connectivity index (χ1v) is 41.7. The van der Waals surface area contributed by atoms with E-state index >= 15 is 0 Å². The highest BCUT2D eigenvalue weighted by molar-refractivity contribution is 8.77. The zero-order valence-corrected chi connectivity index (χ0v) is 69.7. The van der Waals surface area contributed by atoms with Gasteiger partial charge in [0.25, 0.3) is 41.2 Å². The molecule has 5 N–H and O–H groups in total. The second-order valence-corrected chi connectivity index (χ2v) is 32.5. The van der Waals surface area contributed by atoms with Crippen molar-refractivity contribution < 1.29 is 63.9 Å². The summed E-state index contributed by atoms with van der Waals surface area (Å²) in [6.45, 7) is 13.8. The van der Waals surface area contributed by atoms with Crippen LogP contribution in [0.2, 0.25) is 0 Å². The maximum atomic E-state index is 15.0. The molecule has 25 nitrogen and oxygen atoms in total. The SMILES string of the molecule is Cc1ccc(C(=O)Nc2ccc3c(c2)C(F)(F)CN3C(=O)C2CCSS2)cc1Cc1nccc(-c2cccnc2)n1.Cc1nc(C(=O)Nc2ccc(NC(=O)c3ccc(C)c(Cc4nccc(-c5cccnc5)n4)c3)cc2C(F)(F)F)ns1.[C-]#[N+]C1=C(N(C)c2ccc(NC(=O)c3ccc(C)c(Cc4nccc(-c5cccnc5)n4)c3)cc2C(F)(F)F)CNC1=O. The number of hydrogen-bond donors (Lipinski definition) is 5. The molecular formula is C90H71F8N19O6S3. The molecule has 7 aromatic heterocycles. The summed E-state index contributed by atoms with van der Waals surface area (Å²) in [5, 5.41) is 12.6. The zero-order valence-electron chi connectivity index (χ0n) is 67.3. The minimum Gasteiger partial charge on any atom is -0.357 e. The molecule has 0 radical (unpaired) electrons. The molecule has 1 atom stereocenters. The number of rotatable bonds is 20. The van der Waals surface area contributed by atoms with Gasteiger partial charge in [0.15, 0.2) is 0 Å². The topological polar surface area (TPSA) is 315 Å². The van der Waals surface area contributed by atoms with E-state index in [-0.39, 0.29) is 80.0 Å². The number of fused-ring (bicyclic) bond motifs is 1. The molecule has 10 heterocycles. The molecule has 3 aliphatic heterocycles. The van der Waals surface area contributed by atoms with Crippen LogP contribution in [0.5, 0.6) is 0 Å². The third kappa shape index (κ3) is 21.1. The lowest BCUT2D eigenvalue weighted by Crippen LogP contribution is -2.38. The van der Waals surface area contributed by atoms with Crippen LogP contribution in [-0.2, 0) is 47.1 Å². The second kappa shape index (κ2) is 38.1. The minimum atomic E-state index is -4.81. The van der Waals surface area contributed by atoms with Gasteiger partial charge in [-0.15, -0.1) is 0 Å². The number of halogens is 8. The fourth-order valence-electron chi connectivity index (χ4n) is 13.7. The van der Waals surface area contributed by atoms with Crippen LogP contribution in [0.4, 0.5) is 69.2 Å². The summed E-state index contributed by atoms with van der Waals surface area (Å²) in [4.78, 5) is 125. The van der Waals surface area contributed by atoms with E-state index in [4.69, 9.17) is 6.57 Å². The maximum Gasteiger partial charge on any atom is 0.418 e. The summed E-state index contributed by atoms with van der Waals surface area (Å²) in [6.07, 6.45) is 7.33. The molecule has 6 aromatic carbocycles. The third-order valence-corrected chi connectivity index (χ3v) is 23.7. The first-order chi connectivity index (χ1) is 60.4. The lowest BCUT2D eigenvalue weighted by Gasteiger charge is -2.25. The van der Waals surface area contributed by atoms with E-state index in [0.717, 1.165) is 96.1 Å². The van der Waals surface area contributed by atoms with E-state index in [1.165, 1.54) is 53.1 Å². The Bertz CT molecular complexity index is 6420. The van der Waals surface area contributed by atoms with Crippen molar-refractivity contribution in [1.29, 1.82) is 0 Å². The van der Waals surface area contributed by atoms with E-state index in [1.54, 1.807) is 140 Å². The van der Waals surface area contributed by atoms with Crippen LogP contribution in [0.3, 0.4) is 0 Å². The number of likely N-dealkylation sites (N-methyl/N-ethyl adjacent to an activating group) is 1. The molecule has 0 spiro atoms. The summed E-state index contributed by atoms with van der Waals surface area (Å²) in [5.41, 5.74) is 7.78. The molecular weight excluding hydrogens is 1690 g/mol. The highest BCUT2D eigenvalue weighted by Gasteiger charge is 2.48. The second-order valence-electron chi connectivity index (χ2n) is 28.9. The molecule has 126 heavy (non-hydrogen) atoms. The number of nitrogens with zero attached hydrogens (tertiary/aromatic N) is 14. The molecule has 1 fully saturated rings. The summed E-state index contributed by atoms with van der Waals surface area (Å²) in [6, 6.07) is 42.7. The van der Waals surface area contributed by atoms with Gasteiger partial charge in [0.05, 0.1) is 63.6 Å². The van der Waals surface area contributed by atoms with Gasteiger partial charge < -0.3 is 36.4 Å². The van der Waals surface area contributed by atoms with Crippen molar-refractivity contribution >= 4 is 103 Å². The lowest BCUT2D eigenvalue weighted by molar-refractivity contribution is -0.137. The Labute approximate surface area is 727 Å². The number of pyridine rings is 3. The van der Waals surface area contributed by atoms with E-state index in [2.05, 4.69) is 85.6 Å². The highest BCUT2D eigenvalue weighted by atomic mass is 33.1. The van der Waals surface area contributed by atoms with E-state index in [9.17, 15) is 63.9 Å². The van der Waals surface area contributed by atoms with E-state index in [1.807, 2.05) is 69.3 Å². The van der Waals surface area contributed by atoms with Gasteiger partial charge in [-0.1, -0.05) is 39.8 Å². The Kier molecular flexibility index (Phi) is 26.6. The third-order valence-electron chi connectivity index (χ3n) is 20.3. The predicted octanol–water partition coefficient (Wildman–Crippen LogP) is 17.8. The summed E-state index contributed by atoms with van der Waals surface area (Å²) in [7, 11) is 4.38. The number of carbonyl (C=O) groups excluding carboxylic acids is 6. The van der Waals surface area contributed by atoms with Crippen LogP contribution in [0, 0.1) is 34.3 Å². The maximum absolute atomic E-state index is 15.0. The molecule has 16 rings (SSSR count). The van der Waals surface area contributed by atoms with E-state index in [0.29, 0.717) is 65.1 Å². The number of aromatic nitrogens is 11. The summed E-state index contributed by atoms with van der Waals surface area (Å²) in [5.74, 6) is -4.37. The van der Waals surface area contributed by atoms with Crippen molar-refractivity contribution in [1.82, 2.24) is 59.5 Å². The van der Waals surface area contributed by atoms with Gasteiger partial charge >= 0.3 is 12.4 Å². The Balaban J connectivity index is 0.000000153. The van der Waals surface area contributed by atoms with Gasteiger partial charge in [-0.2, -0.15) is 39.5 Å². The minimum absolute atomic E-state index is 0.0656. The first kappa shape index (κ1) is 87.9. The van der Waals surface area contributed by atoms with Gasteiger partial charge in [0, 0.05) is 156 Å². The van der Waals surface area contributed by atoms with Crippen molar-refractivity contribution in [2.45, 2.75) is 76.9 Å². The van der Waals surface area contributed by atoms with Crippen molar-refractivity contribution in [3.05, 3.63) is 337 Å². The molecule has 1 saturated heterocycles. The fourth-order valence-corrected chi connectivity index (χ4v) is 16.9. The monoisotopic (exact) mass is 1760 g/mol. The number of benzene rings is 6. The average Bonchev–Trinajstić information content (AvgIpc) is 1.60. The average molecular weight is 1760 g/mol. The Morgan fingerprint density at radius 3 is 1.44 bits per heavy atom. The van der Waals surface area contributed by atoms with Crippen LogP contribution < -0.4 is 36.4 Å². The van der Waals surface area contributed by atoms with Gasteiger partial charge in [-0.25, -0.2) is 39.7 Å². The van der Waals surface area contributed by atoms with Crippen LogP contribution in [0.15, 0.2) is 231 Å². The summed E-state index contributed by atoms with van der Waals surface area (Å²) < 4.78 is 118. The normalized spacial score (nSPS) is 13.8. The highest BCUT2D eigenvalue weighted by Crippen LogP contribution is 2.48. The molecule has 0 saturated carbocycles. The number of alkyl halides is 8. The van der Waals surface area contributed by atoms with Crippen LogP contribution in [0.25, 0.3) is 38.6 Å². The van der Waals surface area contributed by atoms with Crippen LogP contribution in [-0.4, -0.2) is 121 Å². The van der Waals surface area contributed by atoms with Gasteiger partial charge in [-0.3, -0.25) is 43.7 Å². The molecule has 36 heteroatoms. The quantitative estimate of drug-likeness (QED) is 0.0269. The Morgan fingerprint density at radius 2 is 1.02 bits per heavy atom. The molecule has 13 aromatic rings. The Morgan fingerprint density at radius 1 is 0.556 bits per heavy atom. The molecule has 1 unspecified atom stereocenters. The smallest absolute Gasteiger partial charge is 0.357 e. The van der Waals surface area contributed by atoms with Gasteiger partial charge in [0.2, 0.25) is 11.7 Å². The van der Waals surface area contributed by atoms with E-state index < -0.39 is 71.2 Å². The molecule has 0 aliphatic carbocycles. The number of nitrogens with one attached hydrogen (secondary N) is 5. The molecule has 3 aliphatic rings. The van der Waals surface area contributed by atoms with Crippen molar-refractivity contribution in [2.75, 3.05) is 57.0 Å². The molecule has 636 valence electrons. The number of amides is 6. The van der Waals surface area contributed by atoms with Crippen molar-refractivity contribution in [2.24, 2.45) is 0 Å². The number of carbonyl (C=O) groups is 6. The number of anilines is 6. The van der Waals surface area contributed by atoms with Crippen LogP contribution in [0.1, 0.15) is 121 Å². The zero-order chi connectivity index (χ0) is 89.1. The molecule has 6 amide bonds. The number of aryl methyl sites for hydroxylation is 4. The van der Waals surface area contributed by atoms with Crippen molar-refractivity contribution in [3.63, 3.8) is 0 Å². The largest absolute Gasteiger partial charge is 0.418 e.